The van der Waals surface area contributed by atoms with Gasteiger partial charge in [0.15, 0.2) is 0 Å². The third kappa shape index (κ3) is 3.29. The molecule has 1 aromatic carbocycles. The lowest BCUT2D eigenvalue weighted by Gasteiger charge is -2.10. The topological polar surface area (TPSA) is 30.9 Å². The van der Waals surface area contributed by atoms with Crippen LogP contribution < -0.4 is 5.73 Å². The van der Waals surface area contributed by atoms with Crippen molar-refractivity contribution >= 4 is 23.2 Å². The van der Waals surface area contributed by atoms with E-state index in [1.807, 2.05) is 12.1 Å². The van der Waals surface area contributed by atoms with Crippen LogP contribution in [0.25, 0.3) is 0 Å². The lowest BCUT2D eigenvalue weighted by molar-refractivity contribution is 0.710. The molecule has 0 bridgehead atoms. The third-order valence-electron chi connectivity index (χ3n) is 2.92. The Morgan fingerprint density at radius 1 is 1.17 bits per heavy atom. The maximum Gasteiger partial charge on any atom is 0.0487 e. The van der Waals surface area contributed by atoms with Crippen LogP contribution in [0.5, 0.6) is 0 Å². The first-order valence-electron chi connectivity index (χ1n) is 5.98. The molecule has 2 N–H and O–H groups in total. The van der Waals surface area contributed by atoms with E-state index >= 15 is 0 Å². The van der Waals surface area contributed by atoms with Crippen molar-refractivity contribution in [1.82, 2.24) is 4.57 Å². The minimum atomic E-state index is 0.666. The first kappa shape index (κ1) is 13.5. The molecule has 2 rings (SSSR count). The number of nitrogens with two attached hydrogens (primary N) is 1. The van der Waals surface area contributed by atoms with E-state index < -0.39 is 0 Å². The predicted molar refractivity (Wildman–Crippen MR) is 77.4 cm³/mol. The Hall–Kier alpha value is -0.960. The zero-order chi connectivity index (χ0) is 13.0. The van der Waals surface area contributed by atoms with Gasteiger partial charge in [-0.15, -0.1) is 0 Å². The van der Waals surface area contributed by atoms with E-state index in [0.29, 0.717) is 16.6 Å². The Kier molecular flexibility index (Phi) is 4.70. The minimum absolute atomic E-state index is 0.666. The van der Waals surface area contributed by atoms with Crippen molar-refractivity contribution in [3.8, 4) is 0 Å². The molecule has 0 aliphatic heterocycles. The number of benzene rings is 1. The van der Waals surface area contributed by atoms with Gasteiger partial charge in [0.05, 0.1) is 0 Å². The lowest BCUT2D eigenvalue weighted by atomic mass is 10.2. The van der Waals surface area contributed by atoms with Crippen molar-refractivity contribution in [3.05, 3.63) is 57.8 Å². The molecule has 0 aliphatic rings. The van der Waals surface area contributed by atoms with E-state index in [4.69, 9.17) is 28.9 Å². The van der Waals surface area contributed by atoms with Crippen LogP contribution >= 0.6 is 23.2 Å². The monoisotopic (exact) mass is 282 g/mol. The molecule has 0 saturated carbocycles. The molecular formula is C14H16Cl2N2. The van der Waals surface area contributed by atoms with E-state index in [-0.39, 0.29) is 0 Å². The summed E-state index contributed by atoms with van der Waals surface area (Å²) in [5.41, 5.74) is 7.90. The molecule has 18 heavy (non-hydrogen) atoms. The summed E-state index contributed by atoms with van der Waals surface area (Å²) >= 11 is 12.1. The number of aromatic nitrogens is 1. The van der Waals surface area contributed by atoms with Crippen molar-refractivity contribution in [2.45, 2.75) is 19.4 Å². The van der Waals surface area contributed by atoms with Crippen LogP contribution in [0.2, 0.25) is 10.0 Å². The Morgan fingerprint density at radius 3 is 2.72 bits per heavy atom. The standard InChI is InChI=1S/C14H16Cl2N2/c15-12-6-5-11(14(16)9-12)10-18-8-2-4-13(18)3-1-7-17/h2,4-6,8-9H,1,3,7,10,17H2. The second-order valence-corrected chi connectivity index (χ2v) is 5.10. The van der Waals surface area contributed by atoms with Gasteiger partial charge in [-0.2, -0.15) is 0 Å². The van der Waals surface area contributed by atoms with Crippen molar-refractivity contribution < 1.29 is 0 Å². The van der Waals surface area contributed by atoms with Crippen molar-refractivity contribution in [2.75, 3.05) is 6.54 Å². The molecule has 0 atom stereocenters. The van der Waals surface area contributed by atoms with Crippen molar-refractivity contribution in [3.63, 3.8) is 0 Å². The van der Waals surface area contributed by atoms with Gasteiger partial charge in [-0.1, -0.05) is 29.3 Å². The number of aryl methyl sites for hydroxylation is 1. The zero-order valence-electron chi connectivity index (χ0n) is 10.1. The first-order chi connectivity index (χ1) is 8.70. The molecular weight excluding hydrogens is 267 g/mol. The predicted octanol–water partition coefficient (Wildman–Crippen LogP) is 3.73. The van der Waals surface area contributed by atoms with Gasteiger partial charge in [0, 0.05) is 28.5 Å². The largest absolute Gasteiger partial charge is 0.347 e. The summed E-state index contributed by atoms with van der Waals surface area (Å²) in [5.74, 6) is 0. The summed E-state index contributed by atoms with van der Waals surface area (Å²) in [5, 5.41) is 1.38. The molecule has 0 radical (unpaired) electrons. The minimum Gasteiger partial charge on any atom is -0.347 e. The highest BCUT2D eigenvalue weighted by Crippen LogP contribution is 2.22. The highest BCUT2D eigenvalue weighted by Gasteiger charge is 2.05. The van der Waals surface area contributed by atoms with Gasteiger partial charge in [0.2, 0.25) is 0 Å². The van der Waals surface area contributed by atoms with Crippen molar-refractivity contribution in [2.24, 2.45) is 5.73 Å². The van der Waals surface area contributed by atoms with E-state index in [1.54, 1.807) is 6.07 Å². The number of nitrogens with zero attached hydrogens (tertiary/aromatic N) is 1. The van der Waals surface area contributed by atoms with Crippen LogP contribution in [-0.2, 0) is 13.0 Å². The van der Waals surface area contributed by atoms with Gasteiger partial charge >= 0.3 is 0 Å². The fraction of sp³-hybridized carbons (Fsp3) is 0.286. The van der Waals surface area contributed by atoms with Crippen molar-refractivity contribution in [1.29, 1.82) is 0 Å². The summed E-state index contributed by atoms with van der Waals surface area (Å²) < 4.78 is 2.20. The summed E-state index contributed by atoms with van der Waals surface area (Å²) in [6, 6.07) is 9.79. The molecule has 0 saturated heterocycles. The summed E-state index contributed by atoms with van der Waals surface area (Å²) in [7, 11) is 0. The number of hydrogen-bond acceptors (Lipinski definition) is 1. The molecule has 96 valence electrons. The fourth-order valence-corrected chi connectivity index (χ4v) is 2.42. The van der Waals surface area contributed by atoms with Gasteiger partial charge < -0.3 is 10.3 Å². The van der Waals surface area contributed by atoms with Gasteiger partial charge in [-0.05, 0) is 49.2 Å². The molecule has 0 amide bonds. The van der Waals surface area contributed by atoms with Crippen LogP contribution in [0.3, 0.4) is 0 Å². The van der Waals surface area contributed by atoms with Crippen LogP contribution in [0, 0.1) is 0 Å². The summed E-state index contributed by atoms with van der Waals surface area (Å²) in [6.45, 7) is 1.48. The fourth-order valence-electron chi connectivity index (χ4n) is 1.95. The maximum atomic E-state index is 6.19. The van der Waals surface area contributed by atoms with Crippen LogP contribution in [0.15, 0.2) is 36.5 Å². The van der Waals surface area contributed by atoms with Gasteiger partial charge in [-0.25, -0.2) is 0 Å². The van der Waals surface area contributed by atoms with Gasteiger partial charge in [0.1, 0.15) is 0 Å². The van der Waals surface area contributed by atoms with Crippen LogP contribution in [0.4, 0.5) is 0 Å². The molecule has 1 heterocycles. The van der Waals surface area contributed by atoms with Crippen LogP contribution in [-0.4, -0.2) is 11.1 Å². The Bertz CT molecular complexity index is 520. The second-order valence-electron chi connectivity index (χ2n) is 4.26. The summed E-state index contributed by atoms with van der Waals surface area (Å²) in [4.78, 5) is 0. The highest BCUT2D eigenvalue weighted by atomic mass is 35.5. The maximum absolute atomic E-state index is 6.19. The lowest BCUT2D eigenvalue weighted by Crippen LogP contribution is -2.06. The Morgan fingerprint density at radius 2 is 2.00 bits per heavy atom. The summed E-state index contributed by atoms with van der Waals surface area (Å²) in [6.07, 6.45) is 4.06. The van der Waals surface area contributed by atoms with Gasteiger partial charge in [0.25, 0.3) is 0 Å². The third-order valence-corrected chi connectivity index (χ3v) is 3.50. The molecule has 1 aromatic heterocycles. The average Bonchev–Trinajstić information content (AvgIpc) is 2.77. The molecule has 0 aliphatic carbocycles. The van der Waals surface area contributed by atoms with Gasteiger partial charge in [-0.3, -0.25) is 0 Å². The quantitative estimate of drug-likeness (QED) is 0.890. The number of halogens is 2. The highest BCUT2D eigenvalue weighted by molar-refractivity contribution is 6.35. The molecule has 0 spiro atoms. The first-order valence-corrected chi connectivity index (χ1v) is 6.74. The molecule has 4 heteroatoms. The van der Waals surface area contributed by atoms with Crippen LogP contribution in [0.1, 0.15) is 17.7 Å². The second kappa shape index (κ2) is 6.28. The normalized spacial score (nSPS) is 10.8. The van der Waals surface area contributed by atoms with E-state index in [2.05, 4.69) is 22.9 Å². The SMILES string of the molecule is NCCCc1cccn1Cc1ccc(Cl)cc1Cl. The molecule has 0 unspecified atom stereocenters. The number of rotatable bonds is 5. The zero-order valence-corrected chi connectivity index (χ0v) is 11.6. The van der Waals surface area contributed by atoms with E-state index in [0.717, 1.165) is 24.9 Å². The average molecular weight is 283 g/mol. The number of hydrogen-bond donors (Lipinski definition) is 1. The smallest absolute Gasteiger partial charge is 0.0487 e. The molecule has 2 aromatic rings. The van der Waals surface area contributed by atoms with E-state index in [1.165, 1.54) is 5.69 Å². The Balaban J connectivity index is 2.15. The molecule has 2 nitrogen and oxygen atoms in total. The van der Waals surface area contributed by atoms with E-state index in [9.17, 15) is 0 Å². The molecule has 0 fully saturated rings. The Labute approximate surface area is 117 Å².